The lowest BCUT2D eigenvalue weighted by Crippen LogP contribution is -2.46. The van der Waals surface area contributed by atoms with E-state index in [0.29, 0.717) is 6.61 Å². The molecule has 0 radical (unpaired) electrons. The van der Waals surface area contributed by atoms with Crippen molar-refractivity contribution < 1.29 is 9.53 Å². The number of hydrogen-bond donors (Lipinski definition) is 1. The highest BCUT2D eigenvalue weighted by molar-refractivity contribution is 7.17. The second-order valence-electron chi connectivity index (χ2n) is 8.20. The summed E-state index contributed by atoms with van der Waals surface area (Å²) >= 11 is 1.51. The van der Waals surface area contributed by atoms with Gasteiger partial charge in [0.15, 0.2) is 5.13 Å². The van der Waals surface area contributed by atoms with Crippen molar-refractivity contribution in [2.75, 3.05) is 42.6 Å². The molecule has 1 aromatic carbocycles. The largest absolute Gasteiger partial charge is 0.492 e. The standard InChI is InChI=1S/C22H32N4O2S/c1-6-16-19(20(27)24-22(3,4)5)29-21(23-16)26-14-12-25(13-15-26)17-10-8-9-11-18(17)28-7-2/h8-11H,6-7,12-15H2,1-5H3,(H,24,27). The Labute approximate surface area is 177 Å². The van der Waals surface area contributed by atoms with Crippen molar-refractivity contribution in [3.63, 3.8) is 0 Å². The molecule has 0 atom stereocenters. The first kappa shape index (κ1) is 21.4. The molecule has 0 bridgehead atoms. The highest BCUT2D eigenvalue weighted by atomic mass is 32.1. The van der Waals surface area contributed by atoms with Crippen molar-refractivity contribution in [1.82, 2.24) is 10.3 Å². The molecule has 3 rings (SSSR count). The number of amides is 1. The van der Waals surface area contributed by atoms with Gasteiger partial charge in [-0.2, -0.15) is 0 Å². The molecule has 0 spiro atoms. The number of piperazine rings is 1. The molecule has 1 amide bonds. The minimum absolute atomic E-state index is 0.0256. The lowest BCUT2D eigenvalue weighted by atomic mass is 10.1. The van der Waals surface area contributed by atoms with Crippen molar-refractivity contribution in [1.29, 1.82) is 0 Å². The molecule has 0 aliphatic carbocycles. The Kier molecular flexibility index (Phi) is 6.67. The quantitative estimate of drug-likeness (QED) is 0.772. The number of aryl methyl sites for hydroxylation is 1. The SMILES string of the molecule is CCOc1ccccc1N1CCN(c2nc(CC)c(C(=O)NC(C)(C)C)s2)CC1. The molecule has 1 aliphatic heterocycles. The van der Waals surface area contributed by atoms with Crippen LogP contribution in [0.3, 0.4) is 0 Å². The number of anilines is 2. The average Bonchev–Trinajstić information content (AvgIpc) is 3.12. The maximum absolute atomic E-state index is 12.7. The van der Waals surface area contributed by atoms with E-state index in [1.54, 1.807) is 0 Å². The van der Waals surface area contributed by atoms with Gasteiger partial charge in [-0.1, -0.05) is 30.4 Å². The molecule has 1 aliphatic rings. The molecule has 0 unspecified atom stereocenters. The van der Waals surface area contributed by atoms with Gasteiger partial charge in [-0.05, 0) is 46.2 Å². The molecule has 158 valence electrons. The van der Waals surface area contributed by atoms with Crippen LogP contribution in [0.4, 0.5) is 10.8 Å². The zero-order valence-corrected chi connectivity index (χ0v) is 18.9. The fraction of sp³-hybridized carbons (Fsp3) is 0.545. The number of para-hydroxylation sites is 2. The highest BCUT2D eigenvalue weighted by Gasteiger charge is 2.26. The number of nitrogens with one attached hydrogen (secondary N) is 1. The Balaban J connectivity index is 1.71. The van der Waals surface area contributed by atoms with Crippen LogP contribution < -0.4 is 19.9 Å². The van der Waals surface area contributed by atoms with Gasteiger partial charge in [0.2, 0.25) is 0 Å². The Morgan fingerprint density at radius 1 is 1.14 bits per heavy atom. The van der Waals surface area contributed by atoms with E-state index in [1.807, 2.05) is 39.8 Å². The lowest BCUT2D eigenvalue weighted by Gasteiger charge is -2.36. The van der Waals surface area contributed by atoms with E-state index in [1.165, 1.54) is 11.3 Å². The number of carbonyl (C=O) groups excluding carboxylic acids is 1. The van der Waals surface area contributed by atoms with Crippen LogP contribution in [0.15, 0.2) is 24.3 Å². The summed E-state index contributed by atoms with van der Waals surface area (Å²) in [7, 11) is 0. The first-order valence-corrected chi connectivity index (χ1v) is 11.2. The Bertz CT molecular complexity index is 836. The molecule has 6 nitrogen and oxygen atoms in total. The van der Waals surface area contributed by atoms with E-state index in [9.17, 15) is 4.79 Å². The maximum Gasteiger partial charge on any atom is 0.263 e. The first-order chi connectivity index (χ1) is 13.8. The smallest absolute Gasteiger partial charge is 0.263 e. The van der Waals surface area contributed by atoms with Gasteiger partial charge < -0.3 is 19.9 Å². The van der Waals surface area contributed by atoms with Crippen molar-refractivity contribution in [2.45, 2.75) is 46.6 Å². The van der Waals surface area contributed by atoms with Gasteiger partial charge in [0, 0.05) is 31.7 Å². The third-order valence-electron chi connectivity index (χ3n) is 4.77. The summed E-state index contributed by atoms with van der Waals surface area (Å²) < 4.78 is 5.79. The molecule has 7 heteroatoms. The van der Waals surface area contributed by atoms with Crippen molar-refractivity contribution in [3.05, 3.63) is 34.8 Å². The minimum Gasteiger partial charge on any atom is -0.492 e. The number of hydrogen-bond acceptors (Lipinski definition) is 6. The number of ether oxygens (including phenoxy) is 1. The second-order valence-corrected chi connectivity index (χ2v) is 9.18. The molecule has 0 saturated carbocycles. The van der Waals surface area contributed by atoms with Crippen molar-refractivity contribution in [3.8, 4) is 5.75 Å². The predicted octanol–water partition coefficient (Wildman–Crippen LogP) is 3.96. The van der Waals surface area contributed by atoms with Gasteiger partial charge in [0.05, 0.1) is 18.0 Å². The summed E-state index contributed by atoms with van der Waals surface area (Å²) in [6.45, 7) is 14.3. The van der Waals surface area contributed by atoms with Crippen LogP contribution in [0, 0.1) is 0 Å². The van der Waals surface area contributed by atoms with Crippen LogP contribution in [0.2, 0.25) is 0 Å². The summed E-state index contributed by atoms with van der Waals surface area (Å²) in [5.41, 5.74) is 1.77. The fourth-order valence-corrected chi connectivity index (χ4v) is 4.53. The van der Waals surface area contributed by atoms with E-state index in [0.717, 1.165) is 59.7 Å². The van der Waals surface area contributed by atoms with Crippen molar-refractivity contribution >= 4 is 28.1 Å². The van der Waals surface area contributed by atoms with Gasteiger partial charge in [0.1, 0.15) is 10.6 Å². The molecule has 2 aromatic rings. The summed E-state index contributed by atoms with van der Waals surface area (Å²) in [5, 5.41) is 4.01. The Hall–Kier alpha value is -2.28. The van der Waals surface area contributed by atoms with E-state index in [4.69, 9.17) is 9.72 Å². The molecular weight excluding hydrogens is 384 g/mol. The van der Waals surface area contributed by atoms with Crippen LogP contribution in [-0.4, -0.2) is 49.2 Å². The van der Waals surface area contributed by atoms with Gasteiger partial charge in [-0.25, -0.2) is 4.98 Å². The molecule has 1 saturated heterocycles. The zero-order valence-electron chi connectivity index (χ0n) is 18.1. The summed E-state index contributed by atoms with van der Waals surface area (Å²) in [6.07, 6.45) is 0.755. The number of carbonyl (C=O) groups is 1. The Morgan fingerprint density at radius 3 is 2.41 bits per heavy atom. The van der Waals surface area contributed by atoms with Crippen LogP contribution in [-0.2, 0) is 6.42 Å². The molecule has 2 heterocycles. The average molecular weight is 417 g/mol. The summed E-state index contributed by atoms with van der Waals surface area (Å²) in [6, 6.07) is 8.21. The third-order valence-corrected chi connectivity index (χ3v) is 5.93. The van der Waals surface area contributed by atoms with Crippen molar-refractivity contribution in [2.24, 2.45) is 0 Å². The molecule has 29 heavy (non-hydrogen) atoms. The van der Waals surface area contributed by atoms with Crippen LogP contribution >= 0.6 is 11.3 Å². The molecule has 1 fully saturated rings. The van der Waals surface area contributed by atoms with Crippen LogP contribution in [0.1, 0.15) is 50.0 Å². The molecular formula is C22H32N4O2S. The minimum atomic E-state index is -0.258. The van der Waals surface area contributed by atoms with Crippen LogP contribution in [0.5, 0.6) is 5.75 Å². The number of nitrogens with zero attached hydrogens (tertiary/aromatic N) is 3. The lowest BCUT2D eigenvalue weighted by molar-refractivity contribution is 0.0922. The van der Waals surface area contributed by atoms with Gasteiger partial charge in [-0.15, -0.1) is 0 Å². The van der Waals surface area contributed by atoms with E-state index in [-0.39, 0.29) is 11.4 Å². The number of benzene rings is 1. The highest BCUT2D eigenvalue weighted by Crippen LogP contribution is 2.32. The van der Waals surface area contributed by atoms with Crippen LogP contribution in [0.25, 0.3) is 0 Å². The van der Waals surface area contributed by atoms with E-state index < -0.39 is 0 Å². The Morgan fingerprint density at radius 2 is 1.79 bits per heavy atom. The predicted molar refractivity (Wildman–Crippen MR) is 121 cm³/mol. The first-order valence-electron chi connectivity index (χ1n) is 10.4. The maximum atomic E-state index is 12.7. The van der Waals surface area contributed by atoms with Gasteiger partial charge in [0.25, 0.3) is 5.91 Å². The third kappa shape index (κ3) is 5.21. The van der Waals surface area contributed by atoms with Gasteiger partial charge >= 0.3 is 0 Å². The number of thiazole rings is 1. The van der Waals surface area contributed by atoms with Gasteiger partial charge in [-0.3, -0.25) is 4.79 Å². The van der Waals surface area contributed by atoms with E-state index in [2.05, 4.69) is 34.2 Å². The zero-order chi connectivity index (χ0) is 21.0. The normalized spacial score (nSPS) is 14.8. The fourth-order valence-electron chi connectivity index (χ4n) is 3.42. The second kappa shape index (κ2) is 9.03. The topological polar surface area (TPSA) is 57.7 Å². The monoisotopic (exact) mass is 416 g/mol. The van der Waals surface area contributed by atoms with E-state index >= 15 is 0 Å². The molecule has 1 aromatic heterocycles. The number of rotatable bonds is 6. The summed E-state index contributed by atoms with van der Waals surface area (Å²) in [5.74, 6) is 0.912. The molecule has 1 N–H and O–H groups in total. The summed E-state index contributed by atoms with van der Waals surface area (Å²) in [4.78, 5) is 22.9. The number of aromatic nitrogens is 1.